The van der Waals surface area contributed by atoms with Gasteiger partial charge in [-0.15, -0.1) is 0 Å². The van der Waals surface area contributed by atoms with Crippen molar-refractivity contribution in [2.75, 3.05) is 6.54 Å². The lowest BCUT2D eigenvalue weighted by atomic mass is 9.92. The number of aromatic nitrogens is 1. The van der Waals surface area contributed by atoms with Gasteiger partial charge < -0.3 is 9.73 Å². The third-order valence-corrected chi connectivity index (χ3v) is 5.08. The van der Waals surface area contributed by atoms with Crippen LogP contribution in [-0.4, -0.2) is 11.5 Å². The minimum absolute atomic E-state index is 0.191. The first-order chi connectivity index (χ1) is 10.3. The van der Waals surface area contributed by atoms with Crippen LogP contribution in [-0.2, 0) is 6.42 Å². The predicted molar refractivity (Wildman–Crippen MR) is 82.3 cm³/mol. The molecule has 0 bridgehead atoms. The minimum atomic E-state index is 0.191. The summed E-state index contributed by atoms with van der Waals surface area (Å²) in [6.07, 6.45) is 4.45. The highest BCUT2D eigenvalue weighted by Gasteiger charge is 2.55. The summed E-state index contributed by atoms with van der Waals surface area (Å²) in [5.74, 6) is 3.87. The van der Waals surface area contributed by atoms with Crippen molar-refractivity contribution in [3.63, 3.8) is 0 Å². The van der Waals surface area contributed by atoms with E-state index in [1.807, 2.05) is 6.20 Å². The third-order valence-electron chi connectivity index (χ3n) is 5.08. The Morgan fingerprint density at radius 2 is 2.19 bits per heavy atom. The van der Waals surface area contributed by atoms with Crippen molar-refractivity contribution in [3.05, 3.63) is 53.2 Å². The lowest BCUT2D eigenvalue weighted by Crippen LogP contribution is -2.17. The summed E-state index contributed by atoms with van der Waals surface area (Å²) >= 11 is 0. The van der Waals surface area contributed by atoms with Gasteiger partial charge in [0, 0.05) is 5.92 Å². The average Bonchev–Trinajstić information content (AvgIpc) is 3.05. The Hall–Kier alpha value is -1.61. The Morgan fingerprint density at radius 3 is 3.05 bits per heavy atom. The summed E-state index contributed by atoms with van der Waals surface area (Å²) in [5.41, 5.74) is 3.07. The van der Waals surface area contributed by atoms with Gasteiger partial charge in [-0.2, -0.15) is 0 Å². The number of benzene rings is 1. The highest BCUT2D eigenvalue weighted by atomic mass is 16.4. The van der Waals surface area contributed by atoms with Crippen LogP contribution in [0.5, 0.6) is 0 Å². The molecule has 21 heavy (non-hydrogen) atoms. The molecule has 2 aliphatic carbocycles. The summed E-state index contributed by atoms with van der Waals surface area (Å²) in [6.45, 7) is 5.14. The zero-order chi connectivity index (χ0) is 14.4. The second-order valence-electron chi connectivity index (χ2n) is 6.33. The molecule has 0 spiro atoms. The van der Waals surface area contributed by atoms with Gasteiger partial charge in [-0.3, -0.25) is 0 Å². The molecule has 4 atom stereocenters. The molecule has 110 valence electrons. The SMILES string of the molecule is CCNC(C)c1ncc(C2C3CCc4ccccc4C32)o1. The Balaban J connectivity index is 1.57. The number of rotatable bonds is 4. The van der Waals surface area contributed by atoms with Crippen molar-refractivity contribution in [2.24, 2.45) is 5.92 Å². The summed E-state index contributed by atoms with van der Waals surface area (Å²) in [5, 5.41) is 3.36. The van der Waals surface area contributed by atoms with Gasteiger partial charge in [-0.05, 0) is 49.3 Å². The molecule has 0 amide bonds. The Labute approximate surface area is 125 Å². The molecular formula is C18H22N2O. The first-order valence-corrected chi connectivity index (χ1v) is 8.06. The van der Waals surface area contributed by atoms with Crippen LogP contribution in [0.1, 0.15) is 60.9 Å². The average molecular weight is 282 g/mol. The molecule has 0 radical (unpaired) electrons. The van der Waals surface area contributed by atoms with Crippen LogP contribution < -0.4 is 5.32 Å². The molecule has 1 fully saturated rings. The van der Waals surface area contributed by atoms with Gasteiger partial charge in [-0.1, -0.05) is 31.2 Å². The molecule has 0 saturated heterocycles. The minimum Gasteiger partial charge on any atom is -0.444 e. The quantitative estimate of drug-likeness (QED) is 0.927. The van der Waals surface area contributed by atoms with Crippen molar-refractivity contribution in [1.29, 1.82) is 0 Å². The van der Waals surface area contributed by atoms with Crippen molar-refractivity contribution >= 4 is 0 Å². The van der Waals surface area contributed by atoms with E-state index < -0.39 is 0 Å². The summed E-state index contributed by atoms with van der Waals surface area (Å²) < 4.78 is 6.06. The lowest BCUT2D eigenvalue weighted by Gasteiger charge is -2.13. The predicted octanol–water partition coefficient (Wildman–Crippen LogP) is 3.79. The largest absolute Gasteiger partial charge is 0.444 e. The summed E-state index contributed by atoms with van der Waals surface area (Å²) in [7, 11) is 0. The smallest absolute Gasteiger partial charge is 0.211 e. The fourth-order valence-electron chi connectivity index (χ4n) is 4.00. The highest BCUT2D eigenvalue weighted by Crippen LogP contribution is 2.65. The number of aryl methyl sites for hydroxylation is 1. The maximum atomic E-state index is 6.06. The third kappa shape index (κ3) is 2.11. The molecule has 1 aromatic heterocycles. The van der Waals surface area contributed by atoms with E-state index in [9.17, 15) is 0 Å². The van der Waals surface area contributed by atoms with E-state index in [0.29, 0.717) is 11.8 Å². The molecule has 1 aromatic carbocycles. The molecule has 0 aliphatic heterocycles. The van der Waals surface area contributed by atoms with Crippen LogP contribution in [0.25, 0.3) is 0 Å². The van der Waals surface area contributed by atoms with Gasteiger partial charge in [-0.25, -0.2) is 4.98 Å². The molecule has 4 unspecified atom stereocenters. The fraction of sp³-hybridized carbons (Fsp3) is 0.500. The topological polar surface area (TPSA) is 38.1 Å². The molecule has 1 N–H and O–H groups in total. The Kier molecular flexibility index (Phi) is 3.11. The van der Waals surface area contributed by atoms with Crippen LogP contribution >= 0.6 is 0 Å². The van der Waals surface area contributed by atoms with Gasteiger partial charge in [0.2, 0.25) is 5.89 Å². The van der Waals surface area contributed by atoms with Crippen molar-refractivity contribution in [3.8, 4) is 0 Å². The second-order valence-corrected chi connectivity index (χ2v) is 6.33. The first-order valence-electron chi connectivity index (χ1n) is 8.06. The Bertz CT molecular complexity index is 648. The monoisotopic (exact) mass is 282 g/mol. The number of hydrogen-bond acceptors (Lipinski definition) is 3. The van der Waals surface area contributed by atoms with Gasteiger partial charge in [0.15, 0.2) is 0 Å². The van der Waals surface area contributed by atoms with E-state index in [-0.39, 0.29) is 6.04 Å². The number of hydrogen-bond donors (Lipinski definition) is 1. The van der Waals surface area contributed by atoms with Crippen molar-refractivity contribution < 1.29 is 4.42 Å². The van der Waals surface area contributed by atoms with Crippen LogP contribution in [0.2, 0.25) is 0 Å². The highest BCUT2D eigenvalue weighted by molar-refractivity contribution is 5.43. The van der Waals surface area contributed by atoms with Crippen molar-refractivity contribution in [2.45, 2.75) is 44.6 Å². The summed E-state index contributed by atoms with van der Waals surface area (Å²) in [6, 6.07) is 9.08. The van der Waals surface area contributed by atoms with Crippen LogP contribution in [0, 0.1) is 5.92 Å². The number of oxazole rings is 1. The zero-order valence-electron chi connectivity index (χ0n) is 12.7. The first kappa shape index (κ1) is 13.1. The van der Waals surface area contributed by atoms with Gasteiger partial charge >= 0.3 is 0 Å². The van der Waals surface area contributed by atoms with Crippen molar-refractivity contribution in [1.82, 2.24) is 10.3 Å². The maximum Gasteiger partial charge on any atom is 0.211 e. The van der Waals surface area contributed by atoms with E-state index in [4.69, 9.17) is 4.42 Å². The molecule has 4 rings (SSSR count). The second kappa shape index (κ2) is 4.99. The standard InChI is InChI=1S/C18H22N2O/c1-3-19-11(2)18-20-10-15(21-18)17-14-9-8-12-6-4-5-7-13(12)16(14)17/h4-7,10-11,14,16-17,19H,3,8-9H2,1-2H3. The molecule has 2 aromatic rings. The van der Waals surface area contributed by atoms with E-state index in [0.717, 1.165) is 24.1 Å². The van der Waals surface area contributed by atoms with Gasteiger partial charge in [0.25, 0.3) is 0 Å². The van der Waals surface area contributed by atoms with E-state index in [2.05, 4.69) is 48.4 Å². The molecule has 1 saturated carbocycles. The molecule has 2 aliphatic rings. The van der Waals surface area contributed by atoms with E-state index >= 15 is 0 Å². The number of fused-ring (bicyclic) bond motifs is 3. The van der Waals surface area contributed by atoms with Crippen LogP contribution in [0.15, 0.2) is 34.9 Å². The molecule has 1 heterocycles. The maximum absolute atomic E-state index is 6.06. The summed E-state index contributed by atoms with van der Waals surface area (Å²) in [4.78, 5) is 4.48. The van der Waals surface area contributed by atoms with Crippen LogP contribution in [0.4, 0.5) is 0 Å². The normalized spacial score (nSPS) is 27.8. The zero-order valence-corrected chi connectivity index (χ0v) is 12.7. The molecule has 3 heteroatoms. The van der Waals surface area contributed by atoms with E-state index in [1.165, 1.54) is 24.0 Å². The molecule has 3 nitrogen and oxygen atoms in total. The number of nitrogens with one attached hydrogen (secondary N) is 1. The van der Waals surface area contributed by atoms with Gasteiger partial charge in [0.1, 0.15) is 5.76 Å². The van der Waals surface area contributed by atoms with Crippen LogP contribution in [0.3, 0.4) is 0 Å². The lowest BCUT2D eigenvalue weighted by molar-refractivity contribution is 0.395. The Morgan fingerprint density at radius 1 is 1.33 bits per heavy atom. The van der Waals surface area contributed by atoms with E-state index in [1.54, 1.807) is 0 Å². The van der Waals surface area contributed by atoms with Gasteiger partial charge in [0.05, 0.1) is 12.2 Å². The molecular weight excluding hydrogens is 260 g/mol. The number of nitrogens with zero attached hydrogens (tertiary/aromatic N) is 1. The fourth-order valence-corrected chi connectivity index (χ4v) is 4.00.